The lowest BCUT2D eigenvalue weighted by Crippen LogP contribution is -2.36. The van der Waals surface area contributed by atoms with Gasteiger partial charge >= 0.3 is 17.9 Å². The Kier molecular flexibility index (Phi) is 18.9. The summed E-state index contributed by atoms with van der Waals surface area (Å²) in [6, 6.07) is -2.11. The summed E-state index contributed by atoms with van der Waals surface area (Å²) in [4.78, 5) is 29.8. The lowest BCUT2D eigenvalue weighted by Gasteiger charge is -2.11. The second-order valence-electron chi connectivity index (χ2n) is 5.10. The molecule has 9 N–H and O–H groups in total. The van der Waals surface area contributed by atoms with Crippen LogP contribution in [0.15, 0.2) is 0 Å². The molecule has 10 heteroatoms. The number of carboxylic acid groups (broad SMARTS) is 3. The summed E-state index contributed by atoms with van der Waals surface area (Å²) in [5.41, 5.74) is 15.3. The van der Waals surface area contributed by atoms with Gasteiger partial charge in [-0.25, -0.2) is 0 Å². The first-order chi connectivity index (χ1) is 10.9. The highest BCUT2D eigenvalue weighted by atomic mass is 32.2. The third-order valence-electron chi connectivity index (χ3n) is 2.88. The molecule has 0 unspecified atom stereocenters. The standard InChI is InChI=1S/C6H13NO2.C5H11NO2S.C3H7NO2/c1-3-4(2)5(7)6(8)9;1-9-3-2-4(6)5(7)8;1-2(4)3(5)6/h4-5H,3,7H2,1-2H3,(H,8,9);4H,2-3,6H2,1H3,(H,7,8);2H,4H2,1H3,(H,5,6)/t4-,5-;4-;2-/m000/s1. The monoisotopic (exact) mass is 369 g/mol. The number of aliphatic carboxylic acids is 3. The van der Waals surface area contributed by atoms with Crippen LogP contribution in [-0.2, 0) is 14.4 Å². The average molecular weight is 369 g/mol. The molecule has 4 atom stereocenters. The zero-order valence-electron chi connectivity index (χ0n) is 14.6. The summed E-state index contributed by atoms with van der Waals surface area (Å²) < 4.78 is 0. The van der Waals surface area contributed by atoms with Gasteiger partial charge in [-0.15, -0.1) is 0 Å². The van der Waals surface area contributed by atoms with Crippen molar-refractivity contribution in [3.63, 3.8) is 0 Å². The van der Waals surface area contributed by atoms with Crippen LogP contribution in [0.5, 0.6) is 0 Å². The van der Waals surface area contributed by atoms with E-state index in [4.69, 9.17) is 32.5 Å². The van der Waals surface area contributed by atoms with Crippen molar-refractivity contribution in [1.29, 1.82) is 0 Å². The van der Waals surface area contributed by atoms with E-state index in [0.29, 0.717) is 6.42 Å². The molecular weight excluding hydrogens is 338 g/mol. The van der Waals surface area contributed by atoms with E-state index < -0.39 is 36.0 Å². The molecule has 0 saturated carbocycles. The van der Waals surface area contributed by atoms with E-state index in [0.717, 1.165) is 12.2 Å². The van der Waals surface area contributed by atoms with Crippen molar-refractivity contribution >= 4 is 29.7 Å². The number of nitrogens with two attached hydrogens (primary N) is 3. The van der Waals surface area contributed by atoms with E-state index in [1.54, 1.807) is 11.8 Å². The molecule has 0 saturated heterocycles. The van der Waals surface area contributed by atoms with Crippen LogP contribution in [-0.4, -0.2) is 63.4 Å². The molecule has 0 aliphatic carbocycles. The molecule has 0 spiro atoms. The zero-order chi connectivity index (χ0) is 19.9. The van der Waals surface area contributed by atoms with Crippen LogP contribution < -0.4 is 17.2 Å². The van der Waals surface area contributed by atoms with Gasteiger partial charge in [-0.1, -0.05) is 20.3 Å². The third kappa shape index (κ3) is 18.7. The molecule has 144 valence electrons. The van der Waals surface area contributed by atoms with Gasteiger partial charge in [0.2, 0.25) is 0 Å². The summed E-state index contributed by atoms with van der Waals surface area (Å²) >= 11 is 1.60. The van der Waals surface area contributed by atoms with Gasteiger partial charge in [0.25, 0.3) is 0 Å². The summed E-state index contributed by atoms with van der Waals surface area (Å²) in [5.74, 6) is -1.90. The predicted octanol–water partition coefficient (Wildman–Crippen LogP) is 0.0140. The fourth-order valence-corrected chi connectivity index (χ4v) is 1.36. The lowest BCUT2D eigenvalue weighted by molar-refractivity contribution is -0.140. The molecule has 0 aliphatic heterocycles. The summed E-state index contributed by atoms with van der Waals surface area (Å²) in [6.07, 6.45) is 3.29. The van der Waals surface area contributed by atoms with Crippen molar-refractivity contribution in [1.82, 2.24) is 0 Å². The number of carbonyl (C=O) groups is 3. The van der Waals surface area contributed by atoms with Gasteiger partial charge in [-0.05, 0) is 31.3 Å². The first-order valence-electron chi connectivity index (χ1n) is 7.36. The molecule has 0 amide bonds. The number of rotatable bonds is 8. The predicted molar refractivity (Wildman–Crippen MR) is 95.0 cm³/mol. The minimum absolute atomic E-state index is 0.0718. The molecule has 0 aromatic heterocycles. The van der Waals surface area contributed by atoms with Crippen molar-refractivity contribution in [2.75, 3.05) is 12.0 Å². The normalized spacial score (nSPS) is 14.6. The highest BCUT2D eigenvalue weighted by Gasteiger charge is 2.17. The SMILES string of the molecule is CC[C@H](C)[C@H](N)C(=O)O.CSCC[C@H](N)C(=O)O.C[C@H](N)C(=O)O. The highest BCUT2D eigenvalue weighted by Crippen LogP contribution is 2.04. The fraction of sp³-hybridized carbons (Fsp3) is 0.786. The van der Waals surface area contributed by atoms with Crippen molar-refractivity contribution < 1.29 is 29.7 Å². The Bertz CT molecular complexity index is 368. The Labute approximate surface area is 147 Å². The smallest absolute Gasteiger partial charge is 0.320 e. The second kappa shape index (κ2) is 16.5. The van der Waals surface area contributed by atoms with E-state index in [1.807, 2.05) is 20.1 Å². The number of thioether (sulfide) groups is 1. The van der Waals surface area contributed by atoms with Gasteiger partial charge in [-0.3, -0.25) is 14.4 Å². The minimum atomic E-state index is -0.963. The van der Waals surface area contributed by atoms with Crippen molar-refractivity contribution in [2.24, 2.45) is 23.1 Å². The van der Waals surface area contributed by atoms with Gasteiger partial charge in [0.15, 0.2) is 0 Å². The maximum Gasteiger partial charge on any atom is 0.320 e. The molecule has 0 aromatic carbocycles. The van der Waals surface area contributed by atoms with Gasteiger partial charge in [-0.2, -0.15) is 11.8 Å². The van der Waals surface area contributed by atoms with Gasteiger partial charge < -0.3 is 32.5 Å². The second-order valence-corrected chi connectivity index (χ2v) is 6.09. The number of carboxylic acids is 3. The molecule has 0 bridgehead atoms. The minimum Gasteiger partial charge on any atom is -0.480 e. The molecule has 0 fully saturated rings. The first kappa shape index (κ1) is 27.5. The van der Waals surface area contributed by atoms with Crippen molar-refractivity contribution in [3.05, 3.63) is 0 Å². The average Bonchev–Trinajstić information content (AvgIpc) is 2.51. The Balaban J connectivity index is -0.000000282. The first-order valence-corrected chi connectivity index (χ1v) is 8.75. The molecule has 0 aliphatic rings. The van der Waals surface area contributed by atoms with Crippen molar-refractivity contribution in [3.8, 4) is 0 Å². The Hall–Kier alpha value is -1.36. The van der Waals surface area contributed by atoms with E-state index in [-0.39, 0.29) is 5.92 Å². The van der Waals surface area contributed by atoms with Gasteiger partial charge in [0.1, 0.15) is 18.1 Å². The fourth-order valence-electron chi connectivity index (χ4n) is 0.866. The van der Waals surface area contributed by atoms with Crippen LogP contribution in [0, 0.1) is 5.92 Å². The van der Waals surface area contributed by atoms with Crippen LogP contribution in [0.4, 0.5) is 0 Å². The highest BCUT2D eigenvalue weighted by molar-refractivity contribution is 7.98. The maximum absolute atomic E-state index is 10.2. The molecule has 0 aromatic rings. The Morgan fingerprint density at radius 3 is 1.54 bits per heavy atom. The molecule has 0 radical (unpaired) electrons. The summed E-state index contributed by atoms with van der Waals surface area (Å²) in [5, 5.41) is 24.5. The molecule has 9 nitrogen and oxygen atoms in total. The molecule has 24 heavy (non-hydrogen) atoms. The van der Waals surface area contributed by atoms with E-state index in [9.17, 15) is 14.4 Å². The van der Waals surface area contributed by atoms with Gasteiger partial charge in [0, 0.05) is 0 Å². The van der Waals surface area contributed by atoms with Crippen LogP contribution in [0.2, 0.25) is 0 Å². The molecular formula is C14H31N3O6S. The van der Waals surface area contributed by atoms with Crippen LogP contribution in [0.25, 0.3) is 0 Å². The molecule has 0 heterocycles. The quantitative estimate of drug-likeness (QED) is 0.340. The van der Waals surface area contributed by atoms with Gasteiger partial charge in [0.05, 0.1) is 0 Å². The van der Waals surface area contributed by atoms with Crippen LogP contribution in [0.1, 0.15) is 33.6 Å². The Morgan fingerprint density at radius 2 is 1.38 bits per heavy atom. The topological polar surface area (TPSA) is 190 Å². The Morgan fingerprint density at radius 1 is 0.958 bits per heavy atom. The largest absolute Gasteiger partial charge is 0.480 e. The zero-order valence-corrected chi connectivity index (χ0v) is 15.5. The van der Waals surface area contributed by atoms with Crippen LogP contribution in [0.3, 0.4) is 0 Å². The van der Waals surface area contributed by atoms with E-state index in [2.05, 4.69) is 0 Å². The van der Waals surface area contributed by atoms with E-state index in [1.165, 1.54) is 6.92 Å². The summed E-state index contributed by atoms with van der Waals surface area (Å²) in [7, 11) is 0. The third-order valence-corrected chi connectivity index (χ3v) is 3.53. The van der Waals surface area contributed by atoms with Crippen molar-refractivity contribution in [2.45, 2.75) is 51.7 Å². The van der Waals surface area contributed by atoms with E-state index >= 15 is 0 Å². The van der Waals surface area contributed by atoms with Crippen LogP contribution >= 0.6 is 11.8 Å². The number of hydrogen-bond donors (Lipinski definition) is 6. The molecule has 0 rings (SSSR count). The lowest BCUT2D eigenvalue weighted by atomic mass is 10.0. The number of hydrogen-bond acceptors (Lipinski definition) is 7. The maximum atomic E-state index is 10.2. The summed E-state index contributed by atoms with van der Waals surface area (Å²) in [6.45, 7) is 5.18.